The Kier molecular flexibility index (Phi) is 3.13. The van der Waals surface area contributed by atoms with Crippen LogP contribution in [-0.4, -0.2) is 0 Å². The van der Waals surface area contributed by atoms with Gasteiger partial charge in [-0.15, -0.1) is 0 Å². The number of hydrogen-bond acceptors (Lipinski definition) is 0. The SMILES string of the molecule is CC(C)/C=C1/C=CC(C)CC1C. The van der Waals surface area contributed by atoms with Gasteiger partial charge in [0.1, 0.15) is 0 Å². The fraction of sp³-hybridized carbons (Fsp3) is 0.667. The Balaban J connectivity index is 2.72. The molecule has 1 rings (SSSR count). The third kappa shape index (κ3) is 2.51. The molecule has 0 fully saturated rings. The van der Waals surface area contributed by atoms with Crippen LogP contribution in [0.3, 0.4) is 0 Å². The second-order valence-electron chi connectivity index (χ2n) is 4.38. The highest BCUT2D eigenvalue weighted by molar-refractivity contribution is 5.25. The molecule has 0 saturated carbocycles. The Morgan fingerprint density at radius 2 is 2.08 bits per heavy atom. The molecule has 2 atom stereocenters. The molecule has 0 aromatic rings. The van der Waals surface area contributed by atoms with E-state index in [1.165, 1.54) is 12.0 Å². The van der Waals surface area contributed by atoms with Gasteiger partial charge in [-0.05, 0) is 29.7 Å². The second-order valence-corrected chi connectivity index (χ2v) is 4.38. The topological polar surface area (TPSA) is 0 Å². The van der Waals surface area contributed by atoms with Gasteiger partial charge in [0.15, 0.2) is 0 Å². The van der Waals surface area contributed by atoms with Crippen LogP contribution < -0.4 is 0 Å². The Morgan fingerprint density at radius 1 is 1.42 bits per heavy atom. The average molecular weight is 164 g/mol. The van der Waals surface area contributed by atoms with Gasteiger partial charge in [0, 0.05) is 0 Å². The first-order valence-corrected chi connectivity index (χ1v) is 4.99. The maximum Gasteiger partial charge on any atom is -0.0188 e. The van der Waals surface area contributed by atoms with Crippen LogP contribution in [0.15, 0.2) is 23.8 Å². The van der Waals surface area contributed by atoms with Crippen LogP contribution in [-0.2, 0) is 0 Å². The molecule has 12 heavy (non-hydrogen) atoms. The van der Waals surface area contributed by atoms with Gasteiger partial charge in [0.2, 0.25) is 0 Å². The quantitative estimate of drug-likeness (QED) is 0.553. The van der Waals surface area contributed by atoms with Gasteiger partial charge in [0.25, 0.3) is 0 Å². The van der Waals surface area contributed by atoms with Crippen molar-refractivity contribution in [3.63, 3.8) is 0 Å². The molecule has 0 radical (unpaired) electrons. The zero-order valence-electron chi connectivity index (χ0n) is 8.67. The summed E-state index contributed by atoms with van der Waals surface area (Å²) >= 11 is 0. The smallest absolute Gasteiger partial charge is 0.0188 e. The van der Waals surface area contributed by atoms with Crippen LogP contribution in [0.4, 0.5) is 0 Å². The predicted octanol–water partition coefficient (Wildman–Crippen LogP) is 3.80. The molecule has 0 aromatic carbocycles. The van der Waals surface area contributed by atoms with Crippen LogP contribution >= 0.6 is 0 Å². The minimum Gasteiger partial charge on any atom is -0.0814 e. The number of rotatable bonds is 1. The summed E-state index contributed by atoms with van der Waals surface area (Å²) in [6.07, 6.45) is 8.33. The van der Waals surface area contributed by atoms with E-state index in [0.717, 1.165) is 11.8 Å². The molecule has 0 spiro atoms. The van der Waals surface area contributed by atoms with Crippen molar-refractivity contribution in [1.29, 1.82) is 0 Å². The lowest BCUT2D eigenvalue weighted by Crippen LogP contribution is -2.08. The van der Waals surface area contributed by atoms with E-state index in [1.54, 1.807) is 0 Å². The molecule has 68 valence electrons. The van der Waals surface area contributed by atoms with E-state index in [2.05, 4.69) is 45.9 Å². The van der Waals surface area contributed by atoms with E-state index in [1.807, 2.05) is 0 Å². The zero-order chi connectivity index (χ0) is 9.14. The van der Waals surface area contributed by atoms with Gasteiger partial charge in [-0.25, -0.2) is 0 Å². The van der Waals surface area contributed by atoms with E-state index in [-0.39, 0.29) is 0 Å². The maximum atomic E-state index is 2.38. The van der Waals surface area contributed by atoms with Crippen molar-refractivity contribution in [3.8, 4) is 0 Å². The zero-order valence-corrected chi connectivity index (χ0v) is 8.67. The number of allylic oxidation sites excluding steroid dienone is 4. The Hall–Kier alpha value is -0.520. The van der Waals surface area contributed by atoms with Crippen molar-refractivity contribution < 1.29 is 0 Å². The Labute approximate surface area is 76.4 Å². The normalized spacial score (nSPS) is 33.2. The van der Waals surface area contributed by atoms with Gasteiger partial charge >= 0.3 is 0 Å². The molecular formula is C12H20. The monoisotopic (exact) mass is 164 g/mol. The number of hydrogen-bond donors (Lipinski definition) is 0. The van der Waals surface area contributed by atoms with Crippen LogP contribution in [0, 0.1) is 17.8 Å². The Morgan fingerprint density at radius 3 is 2.58 bits per heavy atom. The average Bonchev–Trinajstić information content (AvgIpc) is 1.94. The third-order valence-corrected chi connectivity index (χ3v) is 2.44. The standard InChI is InChI=1S/C12H20/c1-9(2)7-12-6-5-10(3)8-11(12)4/h5-7,9-11H,8H2,1-4H3/b12-7-. The van der Waals surface area contributed by atoms with Gasteiger partial charge in [-0.3, -0.25) is 0 Å². The molecule has 0 heterocycles. The fourth-order valence-electron chi connectivity index (χ4n) is 1.82. The van der Waals surface area contributed by atoms with Crippen molar-refractivity contribution >= 4 is 0 Å². The predicted molar refractivity (Wildman–Crippen MR) is 55.0 cm³/mol. The largest absolute Gasteiger partial charge is 0.0814 e. The summed E-state index contributed by atoms with van der Waals surface area (Å²) in [4.78, 5) is 0. The maximum absolute atomic E-state index is 2.38. The minimum absolute atomic E-state index is 0.681. The molecule has 0 heteroatoms. The van der Waals surface area contributed by atoms with Crippen molar-refractivity contribution in [2.45, 2.75) is 34.1 Å². The summed E-state index contributed by atoms with van der Waals surface area (Å²) in [6, 6.07) is 0. The molecule has 0 aromatic heterocycles. The lowest BCUT2D eigenvalue weighted by Gasteiger charge is -2.22. The van der Waals surface area contributed by atoms with Crippen molar-refractivity contribution in [2.24, 2.45) is 17.8 Å². The van der Waals surface area contributed by atoms with Crippen LogP contribution in [0.25, 0.3) is 0 Å². The van der Waals surface area contributed by atoms with Crippen molar-refractivity contribution in [3.05, 3.63) is 23.8 Å². The molecule has 0 N–H and O–H groups in total. The molecule has 0 saturated heterocycles. The summed E-state index contributed by atoms with van der Waals surface area (Å²) in [6.45, 7) is 9.10. The first-order valence-electron chi connectivity index (χ1n) is 4.99. The fourth-order valence-corrected chi connectivity index (χ4v) is 1.82. The van der Waals surface area contributed by atoms with Crippen molar-refractivity contribution in [1.82, 2.24) is 0 Å². The molecule has 0 amide bonds. The molecule has 0 bridgehead atoms. The van der Waals surface area contributed by atoms with Gasteiger partial charge in [0.05, 0.1) is 0 Å². The van der Waals surface area contributed by atoms with Gasteiger partial charge in [-0.2, -0.15) is 0 Å². The van der Waals surface area contributed by atoms with Crippen LogP contribution in [0.1, 0.15) is 34.1 Å². The van der Waals surface area contributed by atoms with Gasteiger partial charge in [-0.1, -0.05) is 45.9 Å². The molecule has 1 aliphatic carbocycles. The first kappa shape index (κ1) is 9.57. The van der Waals surface area contributed by atoms with Crippen molar-refractivity contribution in [2.75, 3.05) is 0 Å². The third-order valence-electron chi connectivity index (χ3n) is 2.44. The minimum atomic E-state index is 0.681. The molecule has 1 aliphatic rings. The van der Waals surface area contributed by atoms with E-state index < -0.39 is 0 Å². The summed E-state index contributed by atoms with van der Waals surface area (Å²) in [7, 11) is 0. The second kappa shape index (κ2) is 3.93. The molecular weight excluding hydrogens is 144 g/mol. The van der Waals surface area contributed by atoms with Crippen LogP contribution in [0.2, 0.25) is 0 Å². The molecule has 2 unspecified atom stereocenters. The highest BCUT2D eigenvalue weighted by atomic mass is 14.2. The summed E-state index contributed by atoms with van der Waals surface area (Å²) in [5, 5.41) is 0. The lowest BCUT2D eigenvalue weighted by molar-refractivity contribution is 0.509. The highest BCUT2D eigenvalue weighted by Gasteiger charge is 2.14. The first-order chi connectivity index (χ1) is 5.59. The summed E-state index contributed by atoms with van der Waals surface area (Å²) < 4.78 is 0. The van der Waals surface area contributed by atoms with Gasteiger partial charge < -0.3 is 0 Å². The molecule has 0 nitrogen and oxygen atoms in total. The van der Waals surface area contributed by atoms with E-state index in [4.69, 9.17) is 0 Å². The van der Waals surface area contributed by atoms with E-state index >= 15 is 0 Å². The Bertz CT molecular complexity index is 196. The lowest BCUT2D eigenvalue weighted by atomic mass is 9.84. The summed E-state index contributed by atoms with van der Waals surface area (Å²) in [5.41, 5.74) is 1.53. The van der Waals surface area contributed by atoms with E-state index in [9.17, 15) is 0 Å². The molecule has 0 aliphatic heterocycles. The van der Waals surface area contributed by atoms with Crippen LogP contribution in [0.5, 0.6) is 0 Å². The summed E-state index contributed by atoms with van der Waals surface area (Å²) in [5.74, 6) is 2.21. The highest BCUT2D eigenvalue weighted by Crippen LogP contribution is 2.27. The van der Waals surface area contributed by atoms with E-state index in [0.29, 0.717) is 5.92 Å².